The standard InChI is InChI=1S/C11H19O.3C4H9.Sn/c1-2-3-4-5-7-10-8-6-9-11(10)12;3*1-3-4-2;/h5,10-12H,2-4,6,8-9H2,1H3;3*1,3-4H2,2H3;. The van der Waals surface area contributed by atoms with Crippen LogP contribution < -0.4 is 0 Å². The van der Waals surface area contributed by atoms with Gasteiger partial charge in [-0.3, -0.25) is 0 Å². The van der Waals surface area contributed by atoms with Gasteiger partial charge in [-0.25, -0.2) is 0 Å². The molecule has 0 aromatic rings. The van der Waals surface area contributed by atoms with Crippen LogP contribution in [0.1, 0.15) is 105 Å². The molecule has 1 saturated carbocycles. The van der Waals surface area contributed by atoms with E-state index in [0.29, 0.717) is 5.92 Å². The van der Waals surface area contributed by atoms with Gasteiger partial charge in [-0.15, -0.1) is 0 Å². The third-order valence-electron chi connectivity index (χ3n) is 6.44. The van der Waals surface area contributed by atoms with E-state index in [1.807, 2.05) is 3.59 Å². The number of hydrogen-bond donors (Lipinski definition) is 1. The summed E-state index contributed by atoms with van der Waals surface area (Å²) >= 11 is -2.37. The van der Waals surface area contributed by atoms with Crippen LogP contribution in [0.15, 0.2) is 9.67 Å². The first-order chi connectivity index (χ1) is 12.1. The van der Waals surface area contributed by atoms with Gasteiger partial charge in [-0.2, -0.15) is 0 Å². The topological polar surface area (TPSA) is 20.2 Å². The average molecular weight is 457 g/mol. The van der Waals surface area contributed by atoms with Crippen molar-refractivity contribution in [2.24, 2.45) is 5.92 Å². The maximum absolute atomic E-state index is 10.7. The van der Waals surface area contributed by atoms with E-state index >= 15 is 0 Å². The quantitative estimate of drug-likeness (QED) is 0.210. The predicted octanol–water partition coefficient (Wildman–Crippen LogP) is 7.65. The van der Waals surface area contributed by atoms with Gasteiger partial charge in [-0.1, -0.05) is 0 Å². The van der Waals surface area contributed by atoms with Gasteiger partial charge < -0.3 is 0 Å². The first-order valence-corrected chi connectivity index (χ1v) is 19.0. The molecule has 0 saturated heterocycles. The Kier molecular flexibility index (Phi) is 12.8. The van der Waals surface area contributed by atoms with Crippen molar-refractivity contribution in [2.75, 3.05) is 0 Å². The molecule has 2 heteroatoms. The molecule has 25 heavy (non-hydrogen) atoms. The number of aliphatic hydroxyl groups excluding tert-OH is 1. The summed E-state index contributed by atoms with van der Waals surface area (Å²) in [7, 11) is 0. The number of rotatable bonds is 14. The van der Waals surface area contributed by atoms with E-state index in [0.717, 1.165) is 6.42 Å². The van der Waals surface area contributed by atoms with E-state index in [9.17, 15) is 5.11 Å². The molecular formula is C23H46OSn. The Bertz CT molecular complexity index is 341. The van der Waals surface area contributed by atoms with Crippen LogP contribution in [0.2, 0.25) is 13.3 Å². The molecule has 2 unspecified atom stereocenters. The first kappa shape index (κ1) is 23.5. The van der Waals surface area contributed by atoms with Crippen LogP contribution in [0.4, 0.5) is 0 Å². The van der Waals surface area contributed by atoms with Gasteiger partial charge in [0.05, 0.1) is 0 Å². The summed E-state index contributed by atoms with van der Waals surface area (Å²) in [5, 5.41) is 10.7. The van der Waals surface area contributed by atoms with E-state index in [1.54, 1.807) is 13.3 Å². The summed E-state index contributed by atoms with van der Waals surface area (Å²) < 4.78 is 6.54. The van der Waals surface area contributed by atoms with Crippen molar-refractivity contribution in [3.63, 3.8) is 0 Å². The molecule has 148 valence electrons. The van der Waals surface area contributed by atoms with Gasteiger partial charge in [-0.05, 0) is 0 Å². The average Bonchev–Trinajstić information content (AvgIpc) is 3.04. The molecule has 0 aromatic carbocycles. The molecule has 0 aliphatic heterocycles. The van der Waals surface area contributed by atoms with E-state index < -0.39 is 18.4 Å². The van der Waals surface area contributed by atoms with Crippen LogP contribution in [0.25, 0.3) is 0 Å². The summed E-state index contributed by atoms with van der Waals surface area (Å²) in [6.45, 7) is 9.39. The first-order valence-electron chi connectivity index (χ1n) is 11.5. The second-order valence-electron chi connectivity index (χ2n) is 8.50. The number of allylic oxidation sites excluding steroid dienone is 1. The molecular weight excluding hydrogens is 411 g/mol. The number of hydrogen-bond acceptors (Lipinski definition) is 1. The minimum atomic E-state index is -2.37. The van der Waals surface area contributed by atoms with Crippen molar-refractivity contribution in [2.45, 2.75) is 124 Å². The molecule has 1 aliphatic carbocycles. The van der Waals surface area contributed by atoms with Gasteiger partial charge in [0.1, 0.15) is 0 Å². The molecule has 1 fully saturated rings. The van der Waals surface area contributed by atoms with Gasteiger partial charge >= 0.3 is 163 Å². The SMILES string of the molecule is CCCCC=[C](C1CCCC1O)[Sn]([CH2]CCC)([CH2]CCC)[CH2]CCC. The monoisotopic (exact) mass is 458 g/mol. The Morgan fingerprint density at radius 3 is 1.76 bits per heavy atom. The summed E-state index contributed by atoms with van der Waals surface area (Å²) in [5.74, 6) is 0.540. The Morgan fingerprint density at radius 2 is 1.36 bits per heavy atom. The van der Waals surface area contributed by atoms with Crippen molar-refractivity contribution >= 4 is 18.4 Å². The molecule has 2 atom stereocenters. The van der Waals surface area contributed by atoms with Gasteiger partial charge in [0, 0.05) is 0 Å². The third-order valence-corrected chi connectivity index (χ3v) is 22.8. The zero-order valence-corrected chi connectivity index (χ0v) is 20.6. The molecule has 0 amide bonds. The second-order valence-corrected chi connectivity index (χ2v) is 21.7. The van der Waals surface area contributed by atoms with E-state index in [-0.39, 0.29) is 6.10 Å². The van der Waals surface area contributed by atoms with Crippen molar-refractivity contribution in [3.8, 4) is 0 Å². The zero-order valence-electron chi connectivity index (χ0n) is 17.8. The zero-order chi connectivity index (χ0) is 18.5. The summed E-state index contributed by atoms with van der Waals surface area (Å²) in [5.41, 5.74) is 0. The predicted molar refractivity (Wildman–Crippen MR) is 116 cm³/mol. The molecule has 0 bridgehead atoms. The number of unbranched alkanes of at least 4 members (excludes halogenated alkanes) is 5. The van der Waals surface area contributed by atoms with Crippen molar-refractivity contribution < 1.29 is 5.11 Å². The fraction of sp³-hybridized carbons (Fsp3) is 0.913. The summed E-state index contributed by atoms with van der Waals surface area (Å²) in [6, 6.07) is 0. The molecule has 1 rings (SSSR count). The minimum absolute atomic E-state index is 0.0335. The van der Waals surface area contributed by atoms with Crippen LogP contribution >= 0.6 is 0 Å². The molecule has 0 heterocycles. The molecule has 1 nitrogen and oxygen atoms in total. The normalized spacial score (nSPS) is 21.9. The van der Waals surface area contributed by atoms with E-state index in [4.69, 9.17) is 0 Å². The van der Waals surface area contributed by atoms with E-state index in [1.165, 1.54) is 70.6 Å². The third kappa shape index (κ3) is 7.56. The number of aliphatic hydroxyl groups is 1. The molecule has 0 radical (unpaired) electrons. The van der Waals surface area contributed by atoms with Crippen molar-refractivity contribution in [3.05, 3.63) is 9.67 Å². The summed E-state index contributed by atoms with van der Waals surface area (Å²) in [6.07, 6.45) is 18.4. The van der Waals surface area contributed by atoms with Gasteiger partial charge in [0.25, 0.3) is 0 Å². The molecule has 0 spiro atoms. The summed E-state index contributed by atoms with van der Waals surface area (Å²) in [4.78, 5) is 0. The van der Waals surface area contributed by atoms with Gasteiger partial charge in [0.2, 0.25) is 0 Å². The fourth-order valence-electron chi connectivity index (χ4n) is 4.88. The Morgan fingerprint density at radius 1 is 0.840 bits per heavy atom. The van der Waals surface area contributed by atoms with Crippen LogP contribution in [0, 0.1) is 5.92 Å². The van der Waals surface area contributed by atoms with Crippen LogP contribution in [0.5, 0.6) is 0 Å². The maximum atomic E-state index is 10.7. The molecule has 0 aromatic heterocycles. The Hall–Kier alpha value is 0.499. The van der Waals surface area contributed by atoms with Crippen LogP contribution in [-0.2, 0) is 0 Å². The van der Waals surface area contributed by atoms with Gasteiger partial charge in [0.15, 0.2) is 0 Å². The van der Waals surface area contributed by atoms with Crippen molar-refractivity contribution in [1.29, 1.82) is 0 Å². The van der Waals surface area contributed by atoms with Crippen LogP contribution in [-0.4, -0.2) is 29.6 Å². The second kappa shape index (κ2) is 13.6. The van der Waals surface area contributed by atoms with E-state index in [2.05, 4.69) is 33.8 Å². The Labute approximate surface area is 162 Å². The fourth-order valence-corrected chi connectivity index (χ4v) is 23.2. The molecule has 1 aliphatic rings. The van der Waals surface area contributed by atoms with Crippen molar-refractivity contribution in [1.82, 2.24) is 0 Å². The molecule has 1 N–H and O–H groups in total. The van der Waals surface area contributed by atoms with Crippen LogP contribution in [0.3, 0.4) is 0 Å². The Balaban J connectivity index is 3.18.